The van der Waals surface area contributed by atoms with Gasteiger partial charge in [-0.2, -0.15) is 0 Å². The molecule has 0 unspecified atom stereocenters. The van der Waals surface area contributed by atoms with E-state index in [-0.39, 0.29) is 0 Å². The number of rotatable bonds is 2. The standard InChI is InChI=1S/C10H8N2S.C6F4I2/c1-5-11-6-2-9(1)13-10-3-7-12-8-4-10;7-1-2(8)6(12)4(10)3(9)5(1)11/h1-8H;. The molecule has 0 aliphatic carbocycles. The summed E-state index contributed by atoms with van der Waals surface area (Å²) in [7, 11) is 0. The molecule has 0 saturated heterocycles. The number of hydrogen-bond donors (Lipinski definition) is 0. The van der Waals surface area contributed by atoms with Crippen molar-refractivity contribution < 1.29 is 17.6 Å². The van der Waals surface area contributed by atoms with Crippen LogP contribution >= 0.6 is 56.9 Å². The van der Waals surface area contributed by atoms with Crippen molar-refractivity contribution in [1.82, 2.24) is 9.97 Å². The van der Waals surface area contributed by atoms with E-state index >= 15 is 0 Å². The lowest BCUT2D eigenvalue weighted by Crippen LogP contribution is -2.02. The Morgan fingerprint density at radius 1 is 0.600 bits per heavy atom. The zero-order valence-corrected chi connectivity index (χ0v) is 17.3. The average molecular weight is 590 g/mol. The molecule has 0 N–H and O–H groups in total. The van der Waals surface area contributed by atoms with Crippen LogP contribution in [0.25, 0.3) is 0 Å². The first-order chi connectivity index (χ1) is 11.9. The van der Waals surface area contributed by atoms with Gasteiger partial charge < -0.3 is 0 Å². The topological polar surface area (TPSA) is 25.8 Å². The number of halogens is 6. The zero-order chi connectivity index (χ0) is 18.4. The molecule has 0 saturated carbocycles. The summed E-state index contributed by atoms with van der Waals surface area (Å²) < 4.78 is 49.2. The molecule has 0 aliphatic rings. The molecule has 0 radical (unpaired) electrons. The summed E-state index contributed by atoms with van der Waals surface area (Å²) >= 11 is 4.11. The monoisotopic (exact) mass is 590 g/mol. The van der Waals surface area contributed by atoms with Gasteiger partial charge in [-0.1, -0.05) is 11.8 Å². The summed E-state index contributed by atoms with van der Waals surface area (Å²) in [6.45, 7) is 0. The average Bonchev–Trinajstić information content (AvgIpc) is 2.65. The van der Waals surface area contributed by atoms with Crippen LogP contribution in [-0.4, -0.2) is 9.97 Å². The predicted octanol–water partition coefficient (Wildman–Crippen LogP) is 6.08. The second-order valence-electron chi connectivity index (χ2n) is 4.35. The van der Waals surface area contributed by atoms with E-state index in [0.717, 1.165) is 0 Å². The van der Waals surface area contributed by atoms with Crippen LogP contribution < -0.4 is 0 Å². The third-order valence-electron chi connectivity index (χ3n) is 2.69. The fraction of sp³-hybridized carbons (Fsp3) is 0. The quantitative estimate of drug-likeness (QED) is 0.157. The van der Waals surface area contributed by atoms with Crippen molar-refractivity contribution in [3.63, 3.8) is 0 Å². The summed E-state index contributed by atoms with van der Waals surface area (Å²) in [4.78, 5) is 10.3. The lowest BCUT2D eigenvalue weighted by Gasteiger charge is -2.02. The minimum absolute atomic E-state index is 0.664. The first-order valence-corrected chi connectivity index (χ1v) is 9.54. The molecule has 130 valence electrons. The number of nitrogens with zero attached hydrogens (tertiary/aromatic N) is 2. The van der Waals surface area contributed by atoms with Gasteiger partial charge in [0.2, 0.25) is 0 Å². The van der Waals surface area contributed by atoms with Crippen molar-refractivity contribution in [3.05, 3.63) is 79.5 Å². The van der Waals surface area contributed by atoms with Gasteiger partial charge in [-0.15, -0.1) is 0 Å². The summed E-state index contributed by atoms with van der Waals surface area (Å²) in [6, 6.07) is 7.96. The summed E-state index contributed by atoms with van der Waals surface area (Å²) in [5.41, 5.74) is 0. The molecule has 1 aromatic carbocycles. The van der Waals surface area contributed by atoms with Crippen molar-refractivity contribution in [1.29, 1.82) is 0 Å². The van der Waals surface area contributed by atoms with Gasteiger partial charge in [-0.3, -0.25) is 9.97 Å². The summed E-state index contributed by atoms with van der Waals surface area (Å²) in [5, 5.41) is 0. The lowest BCUT2D eigenvalue weighted by atomic mass is 10.3. The van der Waals surface area contributed by atoms with E-state index < -0.39 is 30.4 Å². The van der Waals surface area contributed by atoms with Crippen LogP contribution in [-0.2, 0) is 0 Å². The molecule has 25 heavy (non-hydrogen) atoms. The highest BCUT2D eigenvalue weighted by atomic mass is 127. The number of hydrogen-bond acceptors (Lipinski definition) is 3. The molecule has 0 aliphatic heterocycles. The molecule has 0 spiro atoms. The fourth-order valence-corrected chi connectivity index (χ4v) is 3.26. The second kappa shape index (κ2) is 9.67. The molecule has 3 aromatic rings. The van der Waals surface area contributed by atoms with E-state index in [4.69, 9.17) is 0 Å². The molecular formula is C16H8F4I2N2S. The number of benzene rings is 1. The normalized spacial score (nSPS) is 10.2. The van der Waals surface area contributed by atoms with Crippen LogP contribution in [0.1, 0.15) is 0 Å². The number of pyridine rings is 2. The van der Waals surface area contributed by atoms with Gasteiger partial charge in [-0.05, 0) is 69.4 Å². The molecule has 0 amide bonds. The van der Waals surface area contributed by atoms with E-state index in [0.29, 0.717) is 0 Å². The fourth-order valence-electron chi connectivity index (χ4n) is 1.53. The van der Waals surface area contributed by atoms with Crippen LogP contribution in [0.3, 0.4) is 0 Å². The molecule has 9 heteroatoms. The van der Waals surface area contributed by atoms with Crippen molar-refractivity contribution in [2.24, 2.45) is 0 Å². The van der Waals surface area contributed by atoms with Gasteiger partial charge in [0, 0.05) is 34.6 Å². The minimum Gasteiger partial charge on any atom is -0.265 e. The van der Waals surface area contributed by atoms with Crippen LogP contribution in [0.4, 0.5) is 17.6 Å². The molecule has 3 rings (SSSR count). The van der Waals surface area contributed by atoms with Crippen molar-refractivity contribution in [2.75, 3.05) is 0 Å². The number of aromatic nitrogens is 2. The van der Waals surface area contributed by atoms with E-state index in [2.05, 4.69) is 9.97 Å². The Balaban J connectivity index is 0.000000181. The van der Waals surface area contributed by atoms with E-state index in [1.54, 1.807) is 36.5 Å². The third-order valence-corrected chi connectivity index (χ3v) is 5.60. The lowest BCUT2D eigenvalue weighted by molar-refractivity contribution is 0.437. The molecule has 0 atom stereocenters. The first-order valence-electron chi connectivity index (χ1n) is 6.56. The van der Waals surface area contributed by atoms with Gasteiger partial charge in [0.15, 0.2) is 23.3 Å². The molecule has 2 heterocycles. The predicted molar refractivity (Wildman–Crippen MR) is 104 cm³/mol. The highest BCUT2D eigenvalue weighted by Gasteiger charge is 2.21. The molecule has 2 aromatic heterocycles. The highest BCUT2D eigenvalue weighted by molar-refractivity contribution is 14.1. The zero-order valence-electron chi connectivity index (χ0n) is 12.2. The van der Waals surface area contributed by atoms with Crippen LogP contribution in [0.5, 0.6) is 0 Å². The Kier molecular flexibility index (Phi) is 7.87. The smallest absolute Gasteiger partial charge is 0.176 e. The van der Waals surface area contributed by atoms with Crippen LogP contribution in [0, 0.1) is 30.4 Å². The van der Waals surface area contributed by atoms with Gasteiger partial charge in [0.25, 0.3) is 0 Å². The van der Waals surface area contributed by atoms with Gasteiger partial charge in [0.05, 0.1) is 7.14 Å². The van der Waals surface area contributed by atoms with Crippen molar-refractivity contribution in [3.8, 4) is 0 Å². The Morgan fingerprint density at radius 2 is 0.880 bits per heavy atom. The Morgan fingerprint density at radius 3 is 1.16 bits per heavy atom. The van der Waals surface area contributed by atoms with Gasteiger partial charge in [0.1, 0.15) is 0 Å². The maximum atomic E-state index is 12.6. The van der Waals surface area contributed by atoms with Gasteiger partial charge >= 0.3 is 0 Å². The van der Waals surface area contributed by atoms with Crippen LogP contribution in [0.15, 0.2) is 58.8 Å². The van der Waals surface area contributed by atoms with Crippen LogP contribution in [0.2, 0.25) is 0 Å². The van der Waals surface area contributed by atoms with E-state index in [9.17, 15) is 17.6 Å². The Bertz CT molecular complexity index is 709. The minimum atomic E-state index is -1.35. The molecule has 0 bridgehead atoms. The molecule has 0 fully saturated rings. The summed E-state index contributed by atoms with van der Waals surface area (Å²) in [6.07, 6.45) is 7.18. The largest absolute Gasteiger partial charge is 0.265 e. The second-order valence-corrected chi connectivity index (χ2v) is 7.66. The molecular weight excluding hydrogens is 582 g/mol. The van der Waals surface area contributed by atoms with Crippen molar-refractivity contribution >= 4 is 56.9 Å². The highest BCUT2D eigenvalue weighted by Crippen LogP contribution is 2.26. The Labute approximate surface area is 172 Å². The van der Waals surface area contributed by atoms with Gasteiger partial charge in [-0.25, -0.2) is 17.6 Å². The van der Waals surface area contributed by atoms with Crippen molar-refractivity contribution in [2.45, 2.75) is 9.79 Å². The molecule has 2 nitrogen and oxygen atoms in total. The first kappa shape index (κ1) is 20.4. The third kappa shape index (κ3) is 5.51. The summed E-state index contributed by atoms with van der Waals surface area (Å²) in [5.74, 6) is -5.39. The maximum absolute atomic E-state index is 12.6. The van der Waals surface area contributed by atoms with E-state index in [1.807, 2.05) is 24.3 Å². The maximum Gasteiger partial charge on any atom is 0.176 e. The SMILES string of the molecule is Fc1c(F)c(I)c(F)c(F)c1I.c1cc(Sc2ccncc2)ccn1. The van der Waals surface area contributed by atoms with E-state index in [1.165, 1.54) is 55.0 Å². The Hall–Kier alpha value is -0.950.